The van der Waals surface area contributed by atoms with Crippen molar-refractivity contribution in [3.05, 3.63) is 35.5 Å². The van der Waals surface area contributed by atoms with Crippen LogP contribution in [0.15, 0.2) is 18.5 Å². The van der Waals surface area contributed by atoms with Gasteiger partial charge in [-0.2, -0.15) is 0 Å². The number of fused-ring (bicyclic) bond motifs is 1. The Morgan fingerprint density at radius 3 is 3.06 bits per heavy atom. The lowest BCUT2D eigenvalue weighted by atomic mass is 10.2. The molecule has 18 heavy (non-hydrogen) atoms. The first-order valence-electron chi connectivity index (χ1n) is 6.06. The number of aromatic nitrogens is 4. The van der Waals surface area contributed by atoms with Crippen LogP contribution >= 0.6 is 0 Å². The molecule has 0 spiro atoms. The number of pyridine rings is 1. The predicted octanol–water partition coefficient (Wildman–Crippen LogP) is 0.460. The zero-order chi connectivity index (χ0) is 12.5. The summed E-state index contributed by atoms with van der Waals surface area (Å²) in [6.07, 6.45) is 1.78. The minimum Gasteiger partial charge on any atom is -0.347 e. The maximum Gasteiger partial charge on any atom is 0.152 e. The number of rotatable bonds is 2. The second kappa shape index (κ2) is 4.38. The van der Waals surface area contributed by atoms with Gasteiger partial charge < -0.3 is 15.2 Å². The van der Waals surface area contributed by atoms with E-state index in [1.165, 1.54) is 0 Å². The van der Waals surface area contributed by atoms with Crippen molar-refractivity contribution in [3.63, 3.8) is 0 Å². The molecule has 3 heterocycles. The molecule has 0 saturated heterocycles. The van der Waals surface area contributed by atoms with E-state index >= 15 is 0 Å². The summed E-state index contributed by atoms with van der Waals surface area (Å²) < 4.78 is 2.08. The van der Waals surface area contributed by atoms with Crippen LogP contribution in [-0.2, 0) is 19.6 Å². The molecule has 0 saturated carbocycles. The molecule has 0 bridgehead atoms. The Morgan fingerprint density at radius 2 is 2.22 bits per heavy atom. The standard InChI is InChI=1S/C12H16N6/c1-9-2-3-10(6-13)12(15-9)17-4-5-18-8-14-16-11(18)7-17/h2-3,8H,4-7,13H2,1H3. The van der Waals surface area contributed by atoms with Crippen LogP contribution in [0.25, 0.3) is 0 Å². The molecule has 0 amide bonds. The minimum absolute atomic E-state index is 0.506. The average Bonchev–Trinajstić information content (AvgIpc) is 2.85. The van der Waals surface area contributed by atoms with Gasteiger partial charge in [0.05, 0.1) is 6.54 Å². The maximum atomic E-state index is 5.78. The van der Waals surface area contributed by atoms with Gasteiger partial charge in [0.15, 0.2) is 5.82 Å². The van der Waals surface area contributed by atoms with Gasteiger partial charge in [0.1, 0.15) is 12.1 Å². The highest BCUT2D eigenvalue weighted by atomic mass is 15.3. The Balaban J connectivity index is 1.94. The number of nitrogens with two attached hydrogens (primary N) is 1. The first kappa shape index (κ1) is 11.2. The van der Waals surface area contributed by atoms with E-state index in [9.17, 15) is 0 Å². The van der Waals surface area contributed by atoms with Gasteiger partial charge in [-0.05, 0) is 13.0 Å². The molecule has 0 unspecified atom stereocenters. The van der Waals surface area contributed by atoms with E-state index in [4.69, 9.17) is 5.73 Å². The van der Waals surface area contributed by atoms with Gasteiger partial charge in [0.25, 0.3) is 0 Å². The zero-order valence-electron chi connectivity index (χ0n) is 10.4. The van der Waals surface area contributed by atoms with Crippen molar-refractivity contribution < 1.29 is 0 Å². The van der Waals surface area contributed by atoms with E-state index in [0.717, 1.165) is 42.5 Å². The molecular weight excluding hydrogens is 228 g/mol. The Hall–Kier alpha value is -1.95. The maximum absolute atomic E-state index is 5.78. The van der Waals surface area contributed by atoms with E-state index in [1.807, 2.05) is 13.0 Å². The van der Waals surface area contributed by atoms with Crippen LogP contribution in [0.2, 0.25) is 0 Å². The third-order valence-corrected chi connectivity index (χ3v) is 3.25. The molecule has 94 valence electrons. The lowest BCUT2D eigenvalue weighted by Gasteiger charge is -2.29. The molecule has 2 N–H and O–H groups in total. The smallest absolute Gasteiger partial charge is 0.152 e. The fraction of sp³-hybridized carbons (Fsp3) is 0.417. The Morgan fingerprint density at radius 1 is 1.33 bits per heavy atom. The average molecular weight is 244 g/mol. The van der Waals surface area contributed by atoms with E-state index in [0.29, 0.717) is 6.54 Å². The van der Waals surface area contributed by atoms with Gasteiger partial charge in [0, 0.05) is 30.9 Å². The number of hydrogen-bond acceptors (Lipinski definition) is 5. The van der Waals surface area contributed by atoms with Crippen molar-refractivity contribution in [2.45, 2.75) is 26.6 Å². The fourth-order valence-electron chi connectivity index (χ4n) is 2.25. The van der Waals surface area contributed by atoms with E-state index in [2.05, 4.69) is 30.7 Å². The summed E-state index contributed by atoms with van der Waals surface area (Å²) in [6, 6.07) is 4.05. The molecule has 1 aliphatic rings. The van der Waals surface area contributed by atoms with E-state index < -0.39 is 0 Å². The van der Waals surface area contributed by atoms with Crippen LogP contribution in [0.1, 0.15) is 17.1 Å². The fourth-order valence-corrected chi connectivity index (χ4v) is 2.25. The molecule has 0 aliphatic carbocycles. The van der Waals surface area contributed by atoms with Crippen molar-refractivity contribution >= 4 is 5.82 Å². The minimum atomic E-state index is 0.506. The Bertz CT molecular complexity index is 561. The van der Waals surface area contributed by atoms with Crippen LogP contribution in [0.5, 0.6) is 0 Å². The molecule has 6 nitrogen and oxygen atoms in total. The molecular formula is C12H16N6. The molecule has 0 fully saturated rings. The van der Waals surface area contributed by atoms with Crippen molar-refractivity contribution in [1.29, 1.82) is 0 Å². The van der Waals surface area contributed by atoms with Crippen LogP contribution in [0.4, 0.5) is 5.82 Å². The quantitative estimate of drug-likeness (QED) is 0.831. The van der Waals surface area contributed by atoms with Crippen molar-refractivity contribution in [2.24, 2.45) is 5.73 Å². The highest BCUT2D eigenvalue weighted by Crippen LogP contribution is 2.22. The second-order valence-corrected chi connectivity index (χ2v) is 4.50. The number of hydrogen-bond donors (Lipinski definition) is 1. The normalized spacial score (nSPS) is 14.7. The molecule has 0 atom stereocenters. The monoisotopic (exact) mass is 244 g/mol. The van der Waals surface area contributed by atoms with E-state index in [-0.39, 0.29) is 0 Å². The van der Waals surface area contributed by atoms with Crippen LogP contribution < -0.4 is 10.6 Å². The topological polar surface area (TPSA) is 72.9 Å². The van der Waals surface area contributed by atoms with Crippen molar-refractivity contribution in [3.8, 4) is 0 Å². The summed E-state index contributed by atoms with van der Waals surface area (Å²) in [7, 11) is 0. The van der Waals surface area contributed by atoms with Gasteiger partial charge in [0.2, 0.25) is 0 Å². The Kier molecular flexibility index (Phi) is 2.71. The summed E-state index contributed by atoms with van der Waals surface area (Å²) in [5.74, 6) is 1.96. The van der Waals surface area contributed by atoms with Crippen LogP contribution in [-0.4, -0.2) is 26.3 Å². The third-order valence-electron chi connectivity index (χ3n) is 3.25. The summed E-state index contributed by atoms with van der Waals surface area (Å²) >= 11 is 0. The highest BCUT2D eigenvalue weighted by Gasteiger charge is 2.20. The Labute approximate surface area is 105 Å². The van der Waals surface area contributed by atoms with Gasteiger partial charge in [-0.1, -0.05) is 6.07 Å². The molecule has 0 radical (unpaired) electrons. The van der Waals surface area contributed by atoms with Gasteiger partial charge >= 0.3 is 0 Å². The van der Waals surface area contributed by atoms with Gasteiger partial charge in [-0.25, -0.2) is 4.98 Å². The molecule has 0 aromatic carbocycles. The van der Waals surface area contributed by atoms with Crippen molar-refractivity contribution in [2.75, 3.05) is 11.4 Å². The van der Waals surface area contributed by atoms with Crippen LogP contribution in [0, 0.1) is 6.92 Å². The largest absolute Gasteiger partial charge is 0.347 e. The highest BCUT2D eigenvalue weighted by molar-refractivity contribution is 5.48. The van der Waals surface area contributed by atoms with E-state index in [1.54, 1.807) is 6.33 Å². The van der Waals surface area contributed by atoms with Crippen molar-refractivity contribution in [1.82, 2.24) is 19.7 Å². The second-order valence-electron chi connectivity index (χ2n) is 4.50. The number of aryl methyl sites for hydroxylation is 1. The molecule has 3 rings (SSSR count). The lowest BCUT2D eigenvalue weighted by Crippen LogP contribution is -2.35. The number of nitrogens with zero attached hydrogens (tertiary/aromatic N) is 5. The molecule has 6 heteroatoms. The summed E-state index contributed by atoms with van der Waals surface area (Å²) in [5, 5.41) is 8.06. The molecule has 2 aromatic heterocycles. The predicted molar refractivity (Wildman–Crippen MR) is 67.9 cm³/mol. The molecule has 2 aromatic rings. The summed E-state index contributed by atoms with van der Waals surface area (Å²) in [5.41, 5.74) is 7.87. The first-order valence-corrected chi connectivity index (χ1v) is 6.06. The zero-order valence-corrected chi connectivity index (χ0v) is 10.4. The van der Waals surface area contributed by atoms with Gasteiger partial charge in [-0.15, -0.1) is 10.2 Å². The first-order chi connectivity index (χ1) is 8.78. The summed E-state index contributed by atoms with van der Waals surface area (Å²) in [4.78, 5) is 6.83. The lowest BCUT2D eigenvalue weighted by molar-refractivity contribution is 0.554. The number of anilines is 1. The van der Waals surface area contributed by atoms with Crippen LogP contribution in [0.3, 0.4) is 0 Å². The van der Waals surface area contributed by atoms with Gasteiger partial charge in [-0.3, -0.25) is 0 Å². The third kappa shape index (κ3) is 1.84. The molecule has 1 aliphatic heterocycles. The summed E-state index contributed by atoms with van der Waals surface area (Å²) in [6.45, 7) is 5.04. The SMILES string of the molecule is Cc1ccc(CN)c(N2CCn3cnnc3C2)n1.